The van der Waals surface area contributed by atoms with Gasteiger partial charge in [0.25, 0.3) is 0 Å². The minimum Gasteiger partial charge on any atom is -0.283 e. The van der Waals surface area contributed by atoms with E-state index in [0.29, 0.717) is 0 Å². The van der Waals surface area contributed by atoms with Crippen LogP contribution in [0.25, 0.3) is 0 Å². The molecule has 0 N–H and O–H groups in total. The number of fused-ring (bicyclic) bond motifs is 6. The molecule has 5 rings (SSSR count). The Morgan fingerprint density at radius 3 is 1.85 bits per heavy atom. The van der Waals surface area contributed by atoms with Gasteiger partial charge in [0.15, 0.2) is 0 Å². The van der Waals surface area contributed by atoms with Crippen LogP contribution >= 0.6 is 0 Å². The Morgan fingerprint density at radius 2 is 1.03 bits per heavy atom. The van der Waals surface area contributed by atoms with Crippen LogP contribution < -0.4 is 0 Å². The number of nitrogens with zero attached hydrogens (tertiary/aromatic N) is 2. The van der Waals surface area contributed by atoms with Crippen molar-refractivity contribution in [2.75, 3.05) is 6.54 Å². The minimum atomic E-state index is 0.782. The molecule has 3 aliphatic heterocycles. The quantitative estimate of drug-likeness (QED) is 0.339. The Hall–Kier alpha value is -0.340. The van der Waals surface area contributed by atoms with Crippen LogP contribution in [0.3, 0.4) is 0 Å². The molecule has 4 fully saturated rings. The molecule has 0 radical (unpaired) electrons. The van der Waals surface area contributed by atoms with Crippen LogP contribution in [0.1, 0.15) is 141 Å². The molecule has 0 aromatic carbocycles. The lowest BCUT2D eigenvalue weighted by Gasteiger charge is -2.38. The zero-order valence-corrected chi connectivity index (χ0v) is 21.8. The molecule has 6 unspecified atom stereocenters. The maximum absolute atomic E-state index is 3.25. The van der Waals surface area contributed by atoms with Gasteiger partial charge in [-0.05, 0) is 82.6 Å². The topological polar surface area (TPSA) is 6.48 Å². The molecular weight excluding hydrogens is 400 g/mol. The van der Waals surface area contributed by atoms with Crippen molar-refractivity contribution in [2.24, 2.45) is 11.8 Å². The third-order valence-corrected chi connectivity index (χ3v) is 10.4. The Kier molecular flexibility index (Phi) is 9.28. The van der Waals surface area contributed by atoms with Gasteiger partial charge in [0.05, 0.1) is 6.17 Å². The van der Waals surface area contributed by atoms with Crippen molar-refractivity contribution in [3.05, 3.63) is 12.2 Å². The lowest BCUT2D eigenvalue weighted by atomic mass is 9.77. The molecule has 0 aromatic heterocycles. The first kappa shape index (κ1) is 24.4. The van der Waals surface area contributed by atoms with Crippen LogP contribution in [0.5, 0.6) is 0 Å². The highest BCUT2D eigenvalue weighted by Crippen LogP contribution is 2.52. The fraction of sp³-hybridized carbons (Fsp3) is 0.935. The van der Waals surface area contributed by atoms with Crippen LogP contribution in [-0.2, 0) is 0 Å². The van der Waals surface area contributed by atoms with E-state index in [1.54, 1.807) is 0 Å². The van der Waals surface area contributed by atoms with Gasteiger partial charge >= 0.3 is 0 Å². The first-order chi connectivity index (χ1) is 16.4. The molecular formula is C31H54N2. The van der Waals surface area contributed by atoms with E-state index in [-0.39, 0.29) is 0 Å². The molecule has 5 aliphatic rings. The SMILES string of the molecule is C1=CCCCC2C3CCCCCCCC3N3C2C(CCCCC1)N1CCCCCCCCC13. The lowest BCUT2D eigenvalue weighted by molar-refractivity contribution is 0.0631. The molecule has 3 heterocycles. The molecule has 0 spiro atoms. The monoisotopic (exact) mass is 454 g/mol. The van der Waals surface area contributed by atoms with E-state index in [4.69, 9.17) is 0 Å². The van der Waals surface area contributed by atoms with E-state index in [9.17, 15) is 0 Å². The predicted molar refractivity (Wildman–Crippen MR) is 141 cm³/mol. The third-order valence-electron chi connectivity index (χ3n) is 10.4. The fourth-order valence-electron chi connectivity index (χ4n) is 8.91. The summed E-state index contributed by atoms with van der Waals surface area (Å²) in [5, 5.41) is 0. The fourth-order valence-corrected chi connectivity index (χ4v) is 8.91. The summed E-state index contributed by atoms with van der Waals surface area (Å²) in [6.45, 7) is 1.40. The minimum absolute atomic E-state index is 0.782. The summed E-state index contributed by atoms with van der Waals surface area (Å²) in [5.41, 5.74) is 0. The summed E-state index contributed by atoms with van der Waals surface area (Å²) >= 11 is 0. The average molecular weight is 455 g/mol. The third kappa shape index (κ3) is 5.74. The standard InChI is InChI=1S/C31H54N2/c1-2-4-10-17-23-29-31-27(21-15-8-3-1)26-20-14-9-7-11-16-22-28(26)33(31)30-24-18-12-5-6-13-19-25-32(29)30/h1,3,26-31H,2,4-25H2. The van der Waals surface area contributed by atoms with Crippen LogP contribution in [0.2, 0.25) is 0 Å². The van der Waals surface area contributed by atoms with Crippen molar-refractivity contribution in [3.8, 4) is 0 Å². The van der Waals surface area contributed by atoms with E-state index >= 15 is 0 Å². The molecule has 6 atom stereocenters. The predicted octanol–water partition coefficient (Wildman–Crippen LogP) is 8.46. The van der Waals surface area contributed by atoms with Gasteiger partial charge in [-0.2, -0.15) is 0 Å². The zero-order valence-electron chi connectivity index (χ0n) is 21.8. The van der Waals surface area contributed by atoms with Crippen LogP contribution in [0, 0.1) is 11.8 Å². The maximum atomic E-state index is 3.25. The van der Waals surface area contributed by atoms with Gasteiger partial charge in [0, 0.05) is 18.1 Å². The average Bonchev–Trinajstić information content (AvgIpc) is 3.32. The largest absolute Gasteiger partial charge is 0.283 e. The Labute approximate surface area is 205 Å². The van der Waals surface area contributed by atoms with Gasteiger partial charge in [-0.3, -0.25) is 9.80 Å². The van der Waals surface area contributed by atoms with Gasteiger partial charge in [0.1, 0.15) is 0 Å². The van der Waals surface area contributed by atoms with Crippen molar-refractivity contribution in [1.82, 2.24) is 9.80 Å². The number of hydrogen-bond acceptors (Lipinski definition) is 2. The van der Waals surface area contributed by atoms with Crippen LogP contribution in [0.15, 0.2) is 12.2 Å². The summed E-state index contributed by atoms with van der Waals surface area (Å²) in [6.07, 6.45) is 38.1. The van der Waals surface area contributed by atoms with E-state index in [2.05, 4.69) is 22.0 Å². The molecule has 2 nitrogen and oxygen atoms in total. The highest BCUT2D eigenvalue weighted by molar-refractivity contribution is 5.11. The van der Waals surface area contributed by atoms with Gasteiger partial charge in [0.2, 0.25) is 0 Å². The summed E-state index contributed by atoms with van der Waals surface area (Å²) in [5.74, 6) is 1.98. The van der Waals surface area contributed by atoms with Gasteiger partial charge in [-0.1, -0.05) is 89.2 Å². The normalized spacial score (nSPS) is 40.6. The zero-order chi connectivity index (χ0) is 22.3. The van der Waals surface area contributed by atoms with Crippen LogP contribution in [-0.4, -0.2) is 40.6 Å². The first-order valence-corrected chi connectivity index (χ1v) is 15.6. The molecule has 0 amide bonds. The molecule has 0 aromatic rings. The van der Waals surface area contributed by atoms with Crippen molar-refractivity contribution >= 4 is 0 Å². The second-order valence-electron chi connectivity index (χ2n) is 12.4. The molecule has 0 bridgehead atoms. The smallest absolute Gasteiger partial charge is 0.0631 e. The summed E-state index contributed by atoms with van der Waals surface area (Å²) in [4.78, 5) is 6.38. The van der Waals surface area contributed by atoms with Crippen molar-refractivity contribution in [2.45, 2.75) is 166 Å². The number of rotatable bonds is 0. The summed E-state index contributed by atoms with van der Waals surface area (Å²) in [7, 11) is 0. The molecule has 1 saturated carbocycles. The second-order valence-corrected chi connectivity index (χ2v) is 12.4. The van der Waals surface area contributed by atoms with Crippen molar-refractivity contribution in [1.29, 1.82) is 0 Å². The molecule has 33 heavy (non-hydrogen) atoms. The first-order valence-electron chi connectivity index (χ1n) is 15.6. The number of hydrogen-bond donors (Lipinski definition) is 0. The number of allylic oxidation sites excluding steroid dienone is 2. The molecule has 3 saturated heterocycles. The van der Waals surface area contributed by atoms with Gasteiger partial charge < -0.3 is 0 Å². The Morgan fingerprint density at radius 1 is 0.455 bits per heavy atom. The Balaban J connectivity index is 1.46. The molecule has 2 heteroatoms. The van der Waals surface area contributed by atoms with Gasteiger partial charge in [-0.25, -0.2) is 0 Å². The lowest BCUT2D eigenvalue weighted by Crippen LogP contribution is -2.46. The molecule has 2 aliphatic carbocycles. The van der Waals surface area contributed by atoms with E-state index < -0.39 is 0 Å². The second kappa shape index (κ2) is 12.6. The van der Waals surface area contributed by atoms with Crippen molar-refractivity contribution in [3.63, 3.8) is 0 Å². The van der Waals surface area contributed by atoms with Crippen LogP contribution in [0.4, 0.5) is 0 Å². The van der Waals surface area contributed by atoms with E-state index in [1.165, 1.54) is 148 Å². The maximum Gasteiger partial charge on any atom is 0.0631 e. The highest BCUT2D eigenvalue weighted by Gasteiger charge is 2.58. The summed E-state index contributed by atoms with van der Waals surface area (Å²) in [6, 6.07) is 2.65. The Bertz CT molecular complexity index is 600. The summed E-state index contributed by atoms with van der Waals surface area (Å²) < 4.78 is 0. The van der Waals surface area contributed by atoms with Gasteiger partial charge in [-0.15, -0.1) is 0 Å². The molecule has 188 valence electrons. The highest BCUT2D eigenvalue weighted by atomic mass is 15.5. The van der Waals surface area contributed by atoms with E-state index in [1.807, 2.05) is 0 Å². The van der Waals surface area contributed by atoms with Crippen molar-refractivity contribution < 1.29 is 0 Å². The van der Waals surface area contributed by atoms with E-state index in [0.717, 1.165) is 36.1 Å².